The molecule has 2 atom stereocenters. The van der Waals surface area contributed by atoms with Crippen molar-refractivity contribution in [3.05, 3.63) is 29.8 Å². The number of carboxylic acids is 1. The summed E-state index contributed by atoms with van der Waals surface area (Å²) >= 11 is 0. The fraction of sp³-hybridized carbons (Fsp3) is 0.591. The van der Waals surface area contributed by atoms with E-state index in [1.807, 2.05) is 20.8 Å². The SMILES string of the molecule is CC(C)(C)OC(=O)CC[C@H](N)C(=O)N[C@@H](Cc1ccc(OC(C)(C)C)cc1)C(=O)O. The van der Waals surface area contributed by atoms with E-state index >= 15 is 0 Å². The van der Waals surface area contributed by atoms with Gasteiger partial charge in [0.1, 0.15) is 23.0 Å². The predicted molar refractivity (Wildman–Crippen MR) is 113 cm³/mol. The molecule has 0 spiro atoms. The highest BCUT2D eigenvalue weighted by Crippen LogP contribution is 2.19. The summed E-state index contributed by atoms with van der Waals surface area (Å²) in [5.41, 5.74) is 5.59. The molecule has 1 rings (SSSR count). The van der Waals surface area contributed by atoms with Crippen molar-refractivity contribution in [2.45, 2.75) is 84.1 Å². The number of nitrogens with two attached hydrogens (primary N) is 1. The van der Waals surface area contributed by atoms with Crippen molar-refractivity contribution in [2.75, 3.05) is 0 Å². The molecule has 0 aliphatic heterocycles. The van der Waals surface area contributed by atoms with Crippen LogP contribution in [0, 0.1) is 0 Å². The largest absolute Gasteiger partial charge is 0.488 e. The fourth-order valence-electron chi connectivity index (χ4n) is 2.56. The zero-order valence-electron chi connectivity index (χ0n) is 18.7. The van der Waals surface area contributed by atoms with Crippen LogP contribution in [0.3, 0.4) is 0 Å². The summed E-state index contributed by atoms with van der Waals surface area (Å²) in [6.07, 6.45) is 0.125. The average Bonchev–Trinajstić information content (AvgIpc) is 2.57. The quantitative estimate of drug-likeness (QED) is 0.521. The molecular weight excluding hydrogens is 388 g/mol. The number of benzene rings is 1. The minimum absolute atomic E-state index is 0.0289. The molecule has 0 aliphatic rings. The highest BCUT2D eigenvalue weighted by atomic mass is 16.6. The predicted octanol–water partition coefficient (Wildman–Crippen LogP) is 2.42. The summed E-state index contributed by atoms with van der Waals surface area (Å²) in [5, 5.41) is 11.9. The van der Waals surface area contributed by atoms with Crippen LogP contribution in [-0.4, -0.2) is 46.2 Å². The van der Waals surface area contributed by atoms with Crippen molar-refractivity contribution in [2.24, 2.45) is 5.73 Å². The number of carbonyl (C=O) groups is 3. The van der Waals surface area contributed by atoms with Crippen LogP contribution in [0.2, 0.25) is 0 Å². The molecule has 8 nitrogen and oxygen atoms in total. The Hall–Kier alpha value is -2.61. The van der Waals surface area contributed by atoms with Crippen molar-refractivity contribution < 1.29 is 29.0 Å². The highest BCUT2D eigenvalue weighted by Gasteiger charge is 2.25. The Bertz CT molecular complexity index is 731. The first-order chi connectivity index (χ1) is 13.7. The lowest BCUT2D eigenvalue weighted by molar-refractivity contribution is -0.155. The molecule has 1 aromatic rings. The van der Waals surface area contributed by atoms with Gasteiger partial charge >= 0.3 is 11.9 Å². The van der Waals surface area contributed by atoms with E-state index in [0.29, 0.717) is 5.75 Å². The Labute approximate surface area is 178 Å². The third-order valence-corrected chi connectivity index (χ3v) is 3.82. The van der Waals surface area contributed by atoms with Gasteiger partial charge in [0.2, 0.25) is 5.91 Å². The normalized spacial score (nSPS) is 13.8. The van der Waals surface area contributed by atoms with E-state index in [1.54, 1.807) is 45.0 Å². The van der Waals surface area contributed by atoms with Crippen LogP contribution >= 0.6 is 0 Å². The van der Waals surface area contributed by atoms with Gasteiger partial charge in [0, 0.05) is 12.8 Å². The first-order valence-electron chi connectivity index (χ1n) is 9.95. The summed E-state index contributed by atoms with van der Waals surface area (Å²) < 4.78 is 10.9. The van der Waals surface area contributed by atoms with Crippen molar-refractivity contribution in [3.8, 4) is 5.75 Å². The fourth-order valence-corrected chi connectivity index (χ4v) is 2.56. The number of amides is 1. The van der Waals surface area contributed by atoms with Gasteiger partial charge in [0.05, 0.1) is 6.04 Å². The number of carboxylic acid groups (broad SMARTS) is 1. The molecule has 168 valence electrons. The Kier molecular flexibility index (Phi) is 8.84. The molecule has 0 fully saturated rings. The number of esters is 1. The summed E-state index contributed by atoms with van der Waals surface area (Å²) in [5.74, 6) is -1.58. The second-order valence-electron chi connectivity index (χ2n) is 9.19. The van der Waals surface area contributed by atoms with E-state index in [0.717, 1.165) is 5.56 Å². The van der Waals surface area contributed by atoms with Gasteiger partial charge < -0.3 is 25.6 Å². The van der Waals surface area contributed by atoms with E-state index in [9.17, 15) is 19.5 Å². The lowest BCUT2D eigenvalue weighted by Crippen LogP contribution is -2.49. The molecule has 0 radical (unpaired) electrons. The number of nitrogens with one attached hydrogen (secondary N) is 1. The highest BCUT2D eigenvalue weighted by molar-refractivity contribution is 5.87. The first-order valence-corrected chi connectivity index (χ1v) is 9.95. The summed E-state index contributed by atoms with van der Waals surface area (Å²) in [7, 11) is 0. The second kappa shape index (κ2) is 10.4. The smallest absolute Gasteiger partial charge is 0.326 e. The van der Waals surface area contributed by atoms with Crippen molar-refractivity contribution in [3.63, 3.8) is 0 Å². The third-order valence-electron chi connectivity index (χ3n) is 3.82. The number of rotatable bonds is 9. The lowest BCUT2D eigenvalue weighted by atomic mass is 10.0. The molecule has 1 amide bonds. The van der Waals surface area contributed by atoms with Crippen molar-refractivity contribution >= 4 is 17.8 Å². The number of ether oxygens (including phenoxy) is 2. The van der Waals surface area contributed by atoms with Crippen LogP contribution in [0.15, 0.2) is 24.3 Å². The van der Waals surface area contributed by atoms with Crippen molar-refractivity contribution in [1.82, 2.24) is 5.32 Å². The third kappa shape index (κ3) is 10.2. The molecule has 0 saturated heterocycles. The van der Waals surface area contributed by atoms with Gasteiger partial charge in [0.25, 0.3) is 0 Å². The topological polar surface area (TPSA) is 128 Å². The monoisotopic (exact) mass is 422 g/mol. The average molecular weight is 423 g/mol. The molecule has 0 aliphatic carbocycles. The number of hydrogen-bond donors (Lipinski definition) is 3. The maximum atomic E-state index is 12.3. The van der Waals surface area contributed by atoms with E-state index in [4.69, 9.17) is 15.2 Å². The molecule has 0 saturated carbocycles. The van der Waals surface area contributed by atoms with Crippen LogP contribution in [0.4, 0.5) is 0 Å². The molecule has 1 aromatic carbocycles. The summed E-state index contributed by atoms with van der Waals surface area (Å²) in [6, 6.07) is 4.88. The van der Waals surface area contributed by atoms with Gasteiger partial charge in [-0.05, 0) is 65.7 Å². The Morgan fingerprint density at radius 1 is 1.03 bits per heavy atom. The maximum Gasteiger partial charge on any atom is 0.326 e. The van der Waals surface area contributed by atoms with Crippen LogP contribution in [0.5, 0.6) is 5.75 Å². The van der Waals surface area contributed by atoms with E-state index < -0.39 is 35.5 Å². The summed E-state index contributed by atoms with van der Waals surface area (Å²) in [6.45, 7) is 11.0. The van der Waals surface area contributed by atoms with Gasteiger partial charge in [-0.3, -0.25) is 9.59 Å². The van der Waals surface area contributed by atoms with Gasteiger partial charge in [0.15, 0.2) is 0 Å². The zero-order valence-corrected chi connectivity index (χ0v) is 18.7. The molecule has 0 aromatic heterocycles. The van der Waals surface area contributed by atoms with Crippen LogP contribution in [-0.2, 0) is 25.5 Å². The molecule has 30 heavy (non-hydrogen) atoms. The Balaban J connectivity index is 2.63. The molecule has 0 heterocycles. The van der Waals surface area contributed by atoms with Gasteiger partial charge in [-0.1, -0.05) is 12.1 Å². The minimum atomic E-state index is -1.17. The van der Waals surface area contributed by atoms with Gasteiger partial charge in [-0.25, -0.2) is 4.79 Å². The van der Waals surface area contributed by atoms with Crippen LogP contribution in [0.1, 0.15) is 59.9 Å². The van der Waals surface area contributed by atoms with Crippen LogP contribution < -0.4 is 15.8 Å². The van der Waals surface area contributed by atoms with Gasteiger partial charge in [-0.15, -0.1) is 0 Å². The van der Waals surface area contributed by atoms with E-state index in [1.165, 1.54) is 0 Å². The second-order valence-corrected chi connectivity index (χ2v) is 9.19. The van der Waals surface area contributed by atoms with E-state index in [-0.39, 0.29) is 24.9 Å². The first kappa shape index (κ1) is 25.4. The molecule has 0 bridgehead atoms. The number of aliphatic carboxylic acids is 1. The minimum Gasteiger partial charge on any atom is -0.488 e. The standard InChI is InChI=1S/C22H34N2O6/c1-21(2,3)29-15-9-7-14(8-10-15)13-17(20(27)28)24-19(26)16(23)11-12-18(25)30-22(4,5)6/h7-10,16-17H,11-13,23H2,1-6H3,(H,24,26)(H,27,28)/t16-,17-/m0/s1. The Morgan fingerprint density at radius 3 is 2.07 bits per heavy atom. The van der Waals surface area contributed by atoms with Crippen LogP contribution in [0.25, 0.3) is 0 Å². The molecular formula is C22H34N2O6. The maximum absolute atomic E-state index is 12.3. The van der Waals surface area contributed by atoms with Gasteiger partial charge in [-0.2, -0.15) is 0 Å². The number of carbonyl (C=O) groups excluding carboxylic acids is 2. The number of hydrogen-bond acceptors (Lipinski definition) is 6. The molecule has 8 heteroatoms. The van der Waals surface area contributed by atoms with Crippen molar-refractivity contribution in [1.29, 1.82) is 0 Å². The zero-order chi connectivity index (χ0) is 23.1. The molecule has 0 unspecified atom stereocenters. The summed E-state index contributed by atoms with van der Waals surface area (Å²) in [4.78, 5) is 35.6. The lowest BCUT2D eigenvalue weighted by Gasteiger charge is -2.22. The molecule has 4 N–H and O–H groups in total. The van der Waals surface area contributed by atoms with E-state index in [2.05, 4.69) is 5.32 Å². The Morgan fingerprint density at radius 2 is 1.60 bits per heavy atom.